The molecule has 7 rings (SSSR count). The Morgan fingerprint density at radius 2 is 1.47 bits per heavy atom. The van der Waals surface area contributed by atoms with Gasteiger partial charge in [-0.2, -0.15) is 0 Å². The van der Waals surface area contributed by atoms with Crippen molar-refractivity contribution in [2.24, 2.45) is 33.8 Å². The summed E-state index contributed by atoms with van der Waals surface area (Å²) in [7, 11) is 0. The lowest BCUT2D eigenvalue weighted by molar-refractivity contribution is -0.174. The number of primary amides is 1. The van der Waals surface area contributed by atoms with E-state index >= 15 is 0 Å². The van der Waals surface area contributed by atoms with E-state index in [2.05, 4.69) is 66.9 Å². The molecule has 30 heavy (non-hydrogen) atoms. The Labute approximate surface area is 178 Å². The van der Waals surface area contributed by atoms with Crippen molar-refractivity contribution < 1.29 is 4.79 Å². The molecule has 4 aliphatic rings. The Hall–Kier alpha value is -2.29. The number of benzene rings is 2. The molecule has 4 fully saturated rings. The molecule has 0 saturated heterocycles. The Kier molecular flexibility index (Phi) is 3.63. The van der Waals surface area contributed by atoms with Crippen LogP contribution in [0.3, 0.4) is 0 Å². The number of aromatic nitrogens is 1. The summed E-state index contributed by atoms with van der Waals surface area (Å²) >= 11 is 0. The number of carbonyl (C=O) groups excluding carboxylic acids is 1. The van der Waals surface area contributed by atoms with Gasteiger partial charge in [-0.15, -0.1) is 0 Å². The van der Waals surface area contributed by atoms with Crippen molar-refractivity contribution in [2.75, 3.05) is 0 Å². The molecule has 4 bridgehead atoms. The highest BCUT2D eigenvalue weighted by Gasteiger charge is 2.63. The summed E-state index contributed by atoms with van der Waals surface area (Å²) in [6, 6.07) is 17.2. The second-order valence-electron chi connectivity index (χ2n) is 11.6. The second kappa shape index (κ2) is 5.90. The monoisotopic (exact) mass is 400 g/mol. The number of para-hydroxylation sites is 2. The molecule has 3 nitrogen and oxygen atoms in total. The summed E-state index contributed by atoms with van der Waals surface area (Å²) in [4.78, 5) is 13.0. The Morgan fingerprint density at radius 3 is 1.97 bits per heavy atom. The first-order chi connectivity index (χ1) is 14.3. The molecular formula is C27H32N2O. The van der Waals surface area contributed by atoms with Crippen LogP contribution in [0.25, 0.3) is 21.8 Å². The van der Waals surface area contributed by atoms with E-state index in [1.165, 1.54) is 47.5 Å². The van der Waals surface area contributed by atoms with Gasteiger partial charge >= 0.3 is 0 Å². The number of carbonyl (C=O) groups is 1. The lowest BCUT2D eigenvalue weighted by atomic mass is 9.38. The van der Waals surface area contributed by atoms with E-state index in [4.69, 9.17) is 5.73 Å². The summed E-state index contributed by atoms with van der Waals surface area (Å²) in [6.07, 6.45) is 7.51. The van der Waals surface area contributed by atoms with Crippen molar-refractivity contribution in [2.45, 2.75) is 58.9 Å². The maximum atomic E-state index is 13.0. The molecule has 1 amide bonds. The molecule has 3 unspecified atom stereocenters. The SMILES string of the molecule is CC12CC3CC(C)(C1)CC(C(Cn1c4ccccc4c4ccccc41)C(N)=O)(C3)C2. The van der Waals surface area contributed by atoms with Crippen LogP contribution in [0.15, 0.2) is 48.5 Å². The van der Waals surface area contributed by atoms with E-state index in [0.717, 1.165) is 18.8 Å². The molecule has 156 valence electrons. The fraction of sp³-hybridized carbons (Fsp3) is 0.519. The van der Waals surface area contributed by atoms with Gasteiger partial charge in [-0.25, -0.2) is 0 Å². The van der Waals surface area contributed by atoms with Gasteiger partial charge in [-0.05, 0) is 72.8 Å². The second-order valence-corrected chi connectivity index (χ2v) is 11.6. The summed E-state index contributed by atoms with van der Waals surface area (Å²) < 4.78 is 2.38. The Morgan fingerprint density at radius 1 is 0.933 bits per heavy atom. The van der Waals surface area contributed by atoms with Gasteiger partial charge in [-0.3, -0.25) is 4.79 Å². The van der Waals surface area contributed by atoms with E-state index in [1.54, 1.807) is 0 Å². The first kappa shape index (κ1) is 18.5. The first-order valence-electron chi connectivity index (χ1n) is 11.6. The van der Waals surface area contributed by atoms with Crippen LogP contribution in [0.5, 0.6) is 0 Å². The fourth-order valence-corrected chi connectivity index (χ4v) is 8.89. The quantitative estimate of drug-likeness (QED) is 0.583. The maximum Gasteiger partial charge on any atom is 0.222 e. The van der Waals surface area contributed by atoms with E-state index in [-0.39, 0.29) is 17.2 Å². The van der Waals surface area contributed by atoms with Crippen LogP contribution in [0.4, 0.5) is 0 Å². The number of fused-ring (bicyclic) bond motifs is 3. The van der Waals surface area contributed by atoms with Gasteiger partial charge in [-0.1, -0.05) is 50.2 Å². The minimum atomic E-state index is -0.112. The van der Waals surface area contributed by atoms with E-state index in [1.807, 2.05) is 0 Å². The normalized spacial score (nSPS) is 35.9. The van der Waals surface area contributed by atoms with Crippen LogP contribution in [0, 0.1) is 28.1 Å². The molecule has 1 heterocycles. The van der Waals surface area contributed by atoms with E-state index in [0.29, 0.717) is 17.4 Å². The standard InChI is InChI=1S/C27H32N2O/c1-25-11-18-12-26(2,15-25)17-27(13-18,16-25)21(24(28)30)14-29-22-9-5-3-7-19(22)20-8-4-6-10-23(20)29/h3-10,18,21H,11-17H2,1-2H3,(H2,28,30). The minimum Gasteiger partial charge on any atom is -0.369 e. The van der Waals surface area contributed by atoms with Crippen molar-refractivity contribution in [3.8, 4) is 0 Å². The number of nitrogens with zero attached hydrogens (tertiary/aromatic N) is 1. The number of hydrogen-bond acceptors (Lipinski definition) is 1. The molecule has 3 heteroatoms. The predicted octanol–water partition coefficient (Wildman–Crippen LogP) is 5.89. The average Bonchev–Trinajstić information content (AvgIpc) is 2.97. The summed E-state index contributed by atoms with van der Waals surface area (Å²) in [5.74, 6) is 0.543. The van der Waals surface area contributed by atoms with E-state index in [9.17, 15) is 4.79 Å². The maximum absolute atomic E-state index is 13.0. The molecule has 1 aromatic heterocycles. The third-order valence-corrected chi connectivity index (χ3v) is 8.80. The van der Waals surface area contributed by atoms with Gasteiger partial charge in [0, 0.05) is 28.4 Å². The zero-order chi connectivity index (χ0) is 20.7. The molecule has 3 atom stereocenters. The lowest BCUT2D eigenvalue weighted by Crippen LogP contribution is -2.59. The van der Waals surface area contributed by atoms with Crippen LogP contribution >= 0.6 is 0 Å². The molecule has 4 aliphatic carbocycles. The van der Waals surface area contributed by atoms with Gasteiger partial charge in [0.1, 0.15) is 0 Å². The third-order valence-electron chi connectivity index (χ3n) is 8.80. The number of nitrogens with two attached hydrogens (primary N) is 1. The number of amides is 1. The van der Waals surface area contributed by atoms with Crippen molar-refractivity contribution in [3.05, 3.63) is 48.5 Å². The highest BCUT2D eigenvalue weighted by atomic mass is 16.1. The Bertz CT molecular complexity index is 1100. The third kappa shape index (κ3) is 2.53. The molecule has 2 aromatic carbocycles. The molecular weight excluding hydrogens is 368 g/mol. The zero-order valence-corrected chi connectivity index (χ0v) is 18.2. The van der Waals surface area contributed by atoms with Gasteiger partial charge < -0.3 is 10.3 Å². The molecule has 3 aromatic rings. The largest absolute Gasteiger partial charge is 0.369 e. The van der Waals surface area contributed by atoms with Gasteiger partial charge in [0.05, 0.1) is 5.92 Å². The van der Waals surface area contributed by atoms with Crippen LogP contribution in [0.2, 0.25) is 0 Å². The lowest BCUT2D eigenvalue weighted by Gasteiger charge is -2.67. The zero-order valence-electron chi connectivity index (χ0n) is 18.2. The van der Waals surface area contributed by atoms with Crippen LogP contribution < -0.4 is 5.73 Å². The van der Waals surface area contributed by atoms with Gasteiger partial charge in [0.25, 0.3) is 0 Å². The summed E-state index contributed by atoms with van der Waals surface area (Å²) in [5.41, 5.74) is 9.44. The van der Waals surface area contributed by atoms with Gasteiger partial charge in [0.15, 0.2) is 0 Å². The Balaban J connectivity index is 1.49. The first-order valence-corrected chi connectivity index (χ1v) is 11.6. The highest BCUT2D eigenvalue weighted by Crippen LogP contribution is 2.71. The number of rotatable bonds is 4. The fourth-order valence-electron chi connectivity index (χ4n) is 8.89. The summed E-state index contributed by atoms with van der Waals surface area (Å²) in [6.45, 7) is 5.65. The molecule has 0 spiro atoms. The predicted molar refractivity (Wildman–Crippen MR) is 122 cm³/mol. The molecule has 2 N–H and O–H groups in total. The smallest absolute Gasteiger partial charge is 0.222 e. The molecule has 0 aliphatic heterocycles. The summed E-state index contributed by atoms with van der Waals surface area (Å²) in [5, 5.41) is 2.53. The van der Waals surface area contributed by atoms with Gasteiger partial charge in [0.2, 0.25) is 5.91 Å². The minimum absolute atomic E-state index is 0.0568. The number of hydrogen-bond donors (Lipinski definition) is 1. The average molecular weight is 401 g/mol. The van der Waals surface area contributed by atoms with Crippen molar-refractivity contribution in [3.63, 3.8) is 0 Å². The topological polar surface area (TPSA) is 48.0 Å². The van der Waals surface area contributed by atoms with Crippen LogP contribution in [-0.2, 0) is 11.3 Å². The van der Waals surface area contributed by atoms with Crippen molar-refractivity contribution in [1.82, 2.24) is 4.57 Å². The van der Waals surface area contributed by atoms with Crippen molar-refractivity contribution in [1.29, 1.82) is 0 Å². The van der Waals surface area contributed by atoms with E-state index < -0.39 is 0 Å². The molecule has 0 radical (unpaired) electrons. The van der Waals surface area contributed by atoms with Crippen molar-refractivity contribution >= 4 is 27.7 Å². The van der Waals surface area contributed by atoms with Crippen LogP contribution in [0.1, 0.15) is 52.4 Å². The van der Waals surface area contributed by atoms with Crippen LogP contribution in [-0.4, -0.2) is 10.5 Å². The molecule has 4 saturated carbocycles. The highest BCUT2D eigenvalue weighted by molar-refractivity contribution is 6.08.